The molecule has 7 nitrogen and oxygen atoms in total. The number of ether oxygens (including phenoxy) is 1. The summed E-state index contributed by atoms with van der Waals surface area (Å²) in [5.41, 5.74) is 7.07. The molecule has 2 heterocycles. The highest BCUT2D eigenvalue weighted by molar-refractivity contribution is 5.85. The van der Waals surface area contributed by atoms with Crippen LogP contribution in [0.25, 0.3) is 0 Å². The van der Waals surface area contributed by atoms with E-state index in [0.717, 1.165) is 49.0 Å². The number of hydrogen-bond acceptors (Lipinski definition) is 6. The summed E-state index contributed by atoms with van der Waals surface area (Å²) < 4.78 is 5.49. The van der Waals surface area contributed by atoms with Gasteiger partial charge in [0, 0.05) is 44.5 Å². The number of para-hydroxylation sites is 2. The number of piperazine rings is 1. The van der Waals surface area contributed by atoms with Crippen molar-refractivity contribution in [3.63, 3.8) is 0 Å². The Morgan fingerprint density at radius 3 is 2.50 bits per heavy atom. The maximum atomic E-state index is 12.1. The average molecular weight is 383 g/mol. The van der Waals surface area contributed by atoms with Crippen molar-refractivity contribution >= 4 is 17.4 Å². The van der Waals surface area contributed by atoms with E-state index < -0.39 is 5.54 Å². The minimum atomic E-state index is -0.900. The zero-order valence-corrected chi connectivity index (χ0v) is 16.8. The number of pyridine rings is 1. The van der Waals surface area contributed by atoms with Gasteiger partial charge in [-0.15, -0.1) is 0 Å². The molecule has 1 amide bonds. The smallest absolute Gasteiger partial charge is 0.239 e. The summed E-state index contributed by atoms with van der Waals surface area (Å²) in [6.45, 7) is 7.25. The van der Waals surface area contributed by atoms with Crippen LogP contribution in [0, 0.1) is 0 Å². The number of anilines is 2. The van der Waals surface area contributed by atoms with Gasteiger partial charge in [-0.3, -0.25) is 4.79 Å². The minimum absolute atomic E-state index is 0.178. The zero-order valence-electron chi connectivity index (χ0n) is 16.8. The molecule has 1 aromatic carbocycles. The summed E-state index contributed by atoms with van der Waals surface area (Å²) in [5.74, 6) is 1.63. The molecule has 3 N–H and O–H groups in total. The first-order valence-corrected chi connectivity index (χ1v) is 9.54. The second-order valence-electron chi connectivity index (χ2n) is 7.54. The fourth-order valence-corrected chi connectivity index (χ4v) is 3.31. The van der Waals surface area contributed by atoms with Crippen molar-refractivity contribution in [3.05, 3.63) is 48.2 Å². The molecular formula is C21H29N5O2. The molecule has 0 aliphatic carbocycles. The van der Waals surface area contributed by atoms with Gasteiger partial charge >= 0.3 is 0 Å². The molecule has 2 aromatic rings. The SMILES string of the molecule is COc1ccccc1N1CCN(c2ncccc2CNC(=O)C(C)(C)N)CC1. The number of methoxy groups -OCH3 is 1. The first kappa shape index (κ1) is 19.9. The number of amides is 1. The topological polar surface area (TPSA) is 83.7 Å². The molecule has 28 heavy (non-hydrogen) atoms. The van der Waals surface area contributed by atoms with Crippen LogP contribution in [0.15, 0.2) is 42.6 Å². The number of aromatic nitrogens is 1. The molecule has 7 heteroatoms. The van der Waals surface area contributed by atoms with Crippen molar-refractivity contribution in [1.29, 1.82) is 0 Å². The van der Waals surface area contributed by atoms with Crippen molar-refractivity contribution in [2.75, 3.05) is 43.1 Å². The maximum Gasteiger partial charge on any atom is 0.239 e. The van der Waals surface area contributed by atoms with Gasteiger partial charge < -0.3 is 25.6 Å². The van der Waals surface area contributed by atoms with Crippen LogP contribution in [0.4, 0.5) is 11.5 Å². The molecule has 1 aromatic heterocycles. The van der Waals surface area contributed by atoms with E-state index in [1.807, 2.05) is 30.3 Å². The van der Waals surface area contributed by atoms with Gasteiger partial charge in [0.1, 0.15) is 11.6 Å². The molecule has 0 spiro atoms. The van der Waals surface area contributed by atoms with Crippen molar-refractivity contribution in [2.45, 2.75) is 25.9 Å². The van der Waals surface area contributed by atoms with Crippen molar-refractivity contribution < 1.29 is 9.53 Å². The van der Waals surface area contributed by atoms with Crippen LogP contribution in [0.2, 0.25) is 0 Å². The van der Waals surface area contributed by atoms with Gasteiger partial charge in [0.15, 0.2) is 0 Å². The van der Waals surface area contributed by atoms with E-state index in [4.69, 9.17) is 10.5 Å². The maximum absolute atomic E-state index is 12.1. The molecule has 1 saturated heterocycles. The predicted octanol–water partition coefficient (Wildman–Crippen LogP) is 1.77. The van der Waals surface area contributed by atoms with Crippen LogP contribution >= 0.6 is 0 Å². The van der Waals surface area contributed by atoms with Crippen LogP contribution in [-0.4, -0.2) is 49.7 Å². The van der Waals surface area contributed by atoms with E-state index in [-0.39, 0.29) is 5.91 Å². The van der Waals surface area contributed by atoms with Crippen LogP contribution < -0.4 is 25.6 Å². The average Bonchev–Trinajstić information content (AvgIpc) is 2.71. The lowest BCUT2D eigenvalue weighted by atomic mass is 10.1. The molecule has 0 radical (unpaired) electrons. The molecule has 0 atom stereocenters. The Kier molecular flexibility index (Phi) is 6.04. The Balaban J connectivity index is 1.67. The molecule has 1 aliphatic rings. The summed E-state index contributed by atoms with van der Waals surface area (Å²) in [6.07, 6.45) is 1.79. The zero-order chi connectivity index (χ0) is 20.1. The highest BCUT2D eigenvalue weighted by atomic mass is 16.5. The number of nitrogens with zero attached hydrogens (tertiary/aromatic N) is 3. The Hall–Kier alpha value is -2.80. The number of carbonyl (C=O) groups is 1. The van der Waals surface area contributed by atoms with Crippen molar-refractivity contribution in [1.82, 2.24) is 10.3 Å². The molecule has 150 valence electrons. The molecule has 0 bridgehead atoms. The Morgan fingerprint density at radius 1 is 1.14 bits per heavy atom. The lowest BCUT2D eigenvalue weighted by Crippen LogP contribution is -2.49. The highest BCUT2D eigenvalue weighted by Gasteiger charge is 2.24. The third-order valence-corrected chi connectivity index (χ3v) is 4.90. The van der Waals surface area contributed by atoms with E-state index in [1.54, 1.807) is 27.2 Å². The third kappa shape index (κ3) is 4.54. The minimum Gasteiger partial charge on any atom is -0.495 e. The molecule has 0 saturated carbocycles. The Labute approximate surface area is 166 Å². The lowest BCUT2D eigenvalue weighted by molar-refractivity contribution is -0.125. The second kappa shape index (κ2) is 8.48. The van der Waals surface area contributed by atoms with Gasteiger partial charge in [-0.05, 0) is 32.0 Å². The fraction of sp³-hybridized carbons (Fsp3) is 0.429. The van der Waals surface area contributed by atoms with E-state index in [0.29, 0.717) is 6.54 Å². The van der Waals surface area contributed by atoms with Crippen molar-refractivity contribution in [3.8, 4) is 5.75 Å². The second-order valence-corrected chi connectivity index (χ2v) is 7.54. The molecular weight excluding hydrogens is 354 g/mol. The molecule has 1 fully saturated rings. The summed E-state index contributed by atoms with van der Waals surface area (Å²) in [7, 11) is 1.70. The number of hydrogen-bond donors (Lipinski definition) is 2. The summed E-state index contributed by atoms with van der Waals surface area (Å²) in [6, 6.07) is 12.0. The van der Waals surface area contributed by atoms with Gasteiger partial charge in [-0.25, -0.2) is 4.98 Å². The lowest BCUT2D eigenvalue weighted by Gasteiger charge is -2.37. The van der Waals surface area contributed by atoms with Crippen molar-refractivity contribution in [2.24, 2.45) is 5.73 Å². The van der Waals surface area contributed by atoms with E-state index in [9.17, 15) is 4.79 Å². The Bertz CT molecular complexity index is 810. The summed E-state index contributed by atoms with van der Waals surface area (Å²) >= 11 is 0. The fourth-order valence-electron chi connectivity index (χ4n) is 3.31. The van der Waals surface area contributed by atoms with Gasteiger partial charge in [-0.2, -0.15) is 0 Å². The Morgan fingerprint density at radius 2 is 1.82 bits per heavy atom. The van der Waals surface area contributed by atoms with Gasteiger partial charge in [0.2, 0.25) is 5.91 Å². The number of nitrogens with two attached hydrogens (primary N) is 1. The predicted molar refractivity (Wildman–Crippen MR) is 112 cm³/mol. The number of rotatable bonds is 6. The molecule has 1 aliphatic heterocycles. The molecule has 0 unspecified atom stereocenters. The van der Waals surface area contributed by atoms with E-state index in [1.165, 1.54) is 0 Å². The van der Waals surface area contributed by atoms with E-state index in [2.05, 4.69) is 26.2 Å². The van der Waals surface area contributed by atoms with Crippen LogP contribution in [0.1, 0.15) is 19.4 Å². The third-order valence-electron chi connectivity index (χ3n) is 4.90. The van der Waals surface area contributed by atoms with E-state index >= 15 is 0 Å². The number of benzene rings is 1. The number of nitrogens with one attached hydrogen (secondary N) is 1. The summed E-state index contributed by atoms with van der Waals surface area (Å²) in [4.78, 5) is 21.3. The largest absolute Gasteiger partial charge is 0.495 e. The normalized spacial score (nSPS) is 14.7. The van der Waals surface area contributed by atoms with Crippen LogP contribution in [0.3, 0.4) is 0 Å². The summed E-state index contributed by atoms with van der Waals surface area (Å²) in [5, 5.41) is 2.91. The van der Waals surface area contributed by atoms with Crippen LogP contribution in [-0.2, 0) is 11.3 Å². The first-order chi connectivity index (χ1) is 13.4. The van der Waals surface area contributed by atoms with Gasteiger partial charge in [-0.1, -0.05) is 18.2 Å². The molecule has 3 rings (SSSR count). The van der Waals surface area contributed by atoms with Crippen LogP contribution in [0.5, 0.6) is 5.75 Å². The quantitative estimate of drug-likeness (QED) is 0.791. The van der Waals surface area contributed by atoms with Gasteiger partial charge in [0.25, 0.3) is 0 Å². The monoisotopic (exact) mass is 383 g/mol. The van der Waals surface area contributed by atoms with Gasteiger partial charge in [0.05, 0.1) is 18.3 Å². The first-order valence-electron chi connectivity index (χ1n) is 9.54. The number of carbonyl (C=O) groups excluding carboxylic acids is 1. The standard InChI is InChI=1S/C21H29N5O2/c1-21(2,22)20(27)24-15-16-7-6-10-23-19(16)26-13-11-25(12-14-26)17-8-4-5-9-18(17)28-3/h4-10H,11-15,22H2,1-3H3,(H,24,27). The highest BCUT2D eigenvalue weighted by Crippen LogP contribution is 2.29.